The van der Waals surface area contributed by atoms with Gasteiger partial charge in [-0.05, 0) is 46.5 Å². The molecule has 1 saturated carbocycles. The molecule has 0 aromatic carbocycles. The summed E-state index contributed by atoms with van der Waals surface area (Å²) >= 11 is 0. The predicted molar refractivity (Wildman–Crippen MR) is 120 cm³/mol. The van der Waals surface area contributed by atoms with E-state index in [4.69, 9.17) is 4.74 Å². The Balaban J connectivity index is 2.00. The molecule has 3 atom stereocenters. The van der Waals surface area contributed by atoms with Gasteiger partial charge < -0.3 is 20.3 Å². The van der Waals surface area contributed by atoms with Gasteiger partial charge in [-0.25, -0.2) is 13.2 Å². The van der Waals surface area contributed by atoms with Crippen molar-refractivity contribution < 1.29 is 32.3 Å². The Morgan fingerprint density at radius 2 is 1.82 bits per heavy atom. The molecule has 33 heavy (non-hydrogen) atoms. The fraction of sp³-hybridized carbons (Fsp3) is 0.714. The molecule has 2 fully saturated rings. The lowest BCUT2D eigenvalue weighted by molar-refractivity contribution is -0.139. The van der Waals surface area contributed by atoms with Gasteiger partial charge in [-0.2, -0.15) is 0 Å². The molecule has 2 unspecified atom stereocenters. The van der Waals surface area contributed by atoms with Crippen LogP contribution < -0.4 is 15.4 Å². The van der Waals surface area contributed by atoms with Gasteiger partial charge in [0.25, 0.3) is 5.91 Å². The monoisotopic (exact) mass is 486 g/mol. The van der Waals surface area contributed by atoms with Crippen LogP contribution in [0.1, 0.15) is 53.4 Å². The van der Waals surface area contributed by atoms with E-state index in [1.54, 1.807) is 27.7 Å². The first kappa shape index (κ1) is 26.6. The highest BCUT2D eigenvalue weighted by Gasteiger charge is 2.40. The lowest BCUT2D eigenvalue weighted by Crippen LogP contribution is -2.56. The lowest BCUT2D eigenvalue weighted by atomic mass is 10.0. The summed E-state index contributed by atoms with van der Waals surface area (Å²) in [5, 5.41) is 4.37. The van der Waals surface area contributed by atoms with Crippen LogP contribution in [0, 0.1) is 5.92 Å². The van der Waals surface area contributed by atoms with Crippen LogP contribution in [0.2, 0.25) is 0 Å². The van der Waals surface area contributed by atoms with E-state index in [-0.39, 0.29) is 6.54 Å². The molecule has 11 nitrogen and oxygen atoms in total. The van der Waals surface area contributed by atoms with Gasteiger partial charge in [-0.3, -0.25) is 19.1 Å². The Morgan fingerprint density at radius 1 is 1.18 bits per heavy atom. The average molecular weight is 487 g/mol. The van der Waals surface area contributed by atoms with Gasteiger partial charge in [0.2, 0.25) is 21.8 Å². The van der Waals surface area contributed by atoms with Gasteiger partial charge in [0.15, 0.2) is 0 Å². The Bertz CT molecular complexity index is 893. The van der Waals surface area contributed by atoms with Crippen LogP contribution in [0.4, 0.5) is 4.79 Å². The molecule has 2 rings (SSSR count). The first-order valence-electron chi connectivity index (χ1n) is 11.0. The summed E-state index contributed by atoms with van der Waals surface area (Å²) in [6.07, 6.45) is 2.63. The minimum Gasteiger partial charge on any atom is -0.444 e. The summed E-state index contributed by atoms with van der Waals surface area (Å²) in [4.78, 5) is 51.4. The number of sulfonamides is 1. The SMILES string of the molecule is C=CC(C)C(NC(=O)[C@@H]1CCCN1C(=O)CNC(=O)OC(C)(C)C)C(=O)NS(=O)(=O)C1CC1. The van der Waals surface area contributed by atoms with Gasteiger partial charge in [0.05, 0.1) is 5.25 Å². The molecule has 2 aliphatic rings. The average Bonchev–Trinajstić information content (AvgIpc) is 3.46. The summed E-state index contributed by atoms with van der Waals surface area (Å²) < 4.78 is 31.4. The zero-order chi connectivity index (χ0) is 25.0. The van der Waals surface area contributed by atoms with E-state index in [2.05, 4.69) is 17.2 Å². The molecule has 0 radical (unpaired) electrons. The molecular formula is C21H34N4O7S. The van der Waals surface area contributed by atoms with Crippen LogP contribution in [-0.2, 0) is 29.1 Å². The smallest absolute Gasteiger partial charge is 0.408 e. The summed E-state index contributed by atoms with van der Waals surface area (Å²) in [6, 6.07) is -2.01. The topological polar surface area (TPSA) is 151 Å². The van der Waals surface area contributed by atoms with Crippen LogP contribution in [-0.4, -0.2) is 73.2 Å². The largest absolute Gasteiger partial charge is 0.444 e. The number of ether oxygens (including phenoxy) is 1. The van der Waals surface area contributed by atoms with Gasteiger partial charge in [0, 0.05) is 12.5 Å². The highest BCUT2D eigenvalue weighted by molar-refractivity contribution is 7.90. The fourth-order valence-electron chi connectivity index (χ4n) is 3.39. The van der Waals surface area contributed by atoms with Crippen LogP contribution in [0.3, 0.4) is 0 Å². The standard InChI is InChI=1S/C21H34N4O7S/c1-6-13(2)17(19(28)24-33(30,31)14-9-10-14)23-18(27)15-8-7-11-25(15)16(26)12-22-20(29)32-21(3,4)5/h6,13-15,17H,1,7-12H2,2-5H3,(H,22,29)(H,23,27)(H,24,28)/t13?,15-,17?/m0/s1. The molecule has 0 aromatic rings. The minimum atomic E-state index is -3.78. The number of hydrogen-bond acceptors (Lipinski definition) is 7. The predicted octanol–water partition coefficient (Wildman–Crippen LogP) is 0.417. The number of rotatable bonds is 9. The minimum absolute atomic E-state index is 0.316. The number of nitrogens with one attached hydrogen (secondary N) is 3. The number of amides is 4. The second-order valence-electron chi connectivity index (χ2n) is 9.39. The molecule has 1 saturated heterocycles. The summed E-state index contributed by atoms with van der Waals surface area (Å²) in [7, 11) is -3.78. The fourth-order valence-corrected chi connectivity index (χ4v) is 4.72. The van der Waals surface area contributed by atoms with Crippen molar-refractivity contribution in [2.24, 2.45) is 5.92 Å². The Hall–Kier alpha value is -2.63. The Labute approximate surface area is 194 Å². The zero-order valence-electron chi connectivity index (χ0n) is 19.5. The van der Waals surface area contributed by atoms with Gasteiger partial charge in [-0.15, -0.1) is 6.58 Å². The normalized spacial score (nSPS) is 20.4. The van der Waals surface area contributed by atoms with Crippen molar-refractivity contribution >= 4 is 33.8 Å². The summed E-state index contributed by atoms with van der Waals surface area (Å²) in [6.45, 7) is 10.3. The van der Waals surface area contributed by atoms with Crippen LogP contribution >= 0.6 is 0 Å². The third-order valence-corrected chi connectivity index (χ3v) is 7.18. The molecule has 4 amide bonds. The number of hydrogen-bond donors (Lipinski definition) is 3. The van der Waals surface area contributed by atoms with E-state index in [1.807, 2.05) is 4.72 Å². The van der Waals surface area contributed by atoms with Crippen LogP contribution in [0.25, 0.3) is 0 Å². The summed E-state index contributed by atoms with van der Waals surface area (Å²) in [5.41, 5.74) is -0.715. The molecule has 12 heteroatoms. The third-order valence-electron chi connectivity index (χ3n) is 5.34. The van der Waals surface area contributed by atoms with Crippen molar-refractivity contribution in [1.82, 2.24) is 20.3 Å². The van der Waals surface area contributed by atoms with Crippen molar-refractivity contribution in [1.29, 1.82) is 0 Å². The van der Waals surface area contributed by atoms with E-state index < -0.39 is 62.7 Å². The maximum absolute atomic E-state index is 13.0. The number of carbonyl (C=O) groups excluding carboxylic acids is 4. The first-order valence-corrected chi connectivity index (χ1v) is 12.5. The van der Waals surface area contributed by atoms with Gasteiger partial charge in [-0.1, -0.05) is 13.0 Å². The lowest BCUT2D eigenvalue weighted by Gasteiger charge is -2.28. The van der Waals surface area contributed by atoms with E-state index in [9.17, 15) is 27.6 Å². The number of nitrogens with zero attached hydrogens (tertiary/aromatic N) is 1. The van der Waals surface area contributed by atoms with Crippen molar-refractivity contribution in [2.45, 2.75) is 76.3 Å². The van der Waals surface area contributed by atoms with Crippen LogP contribution in [0.15, 0.2) is 12.7 Å². The second-order valence-corrected chi connectivity index (χ2v) is 11.4. The van der Waals surface area contributed by atoms with Gasteiger partial charge >= 0.3 is 6.09 Å². The number of carbonyl (C=O) groups is 4. The Kier molecular flexibility index (Phi) is 8.50. The van der Waals surface area contributed by atoms with E-state index in [0.29, 0.717) is 32.2 Å². The van der Waals surface area contributed by atoms with Crippen LogP contribution in [0.5, 0.6) is 0 Å². The highest BCUT2D eigenvalue weighted by Crippen LogP contribution is 2.27. The molecule has 3 N–H and O–H groups in total. The molecule has 1 heterocycles. The van der Waals surface area contributed by atoms with E-state index in [1.165, 1.54) is 11.0 Å². The first-order chi connectivity index (χ1) is 15.2. The molecule has 0 aromatic heterocycles. The molecular weight excluding hydrogens is 452 g/mol. The van der Waals surface area contributed by atoms with E-state index in [0.717, 1.165) is 0 Å². The maximum Gasteiger partial charge on any atom is 0.408 e. The maximum atomic E-state index is 13.0. The molecule has 1 aliphatic heterocycles. The quantitative estimate of drug-likeness (QED) is 0.400. The Morgan fingerprint density at radius 3 is 2.36 bits per heavy atom. The number of alkyl carbamates (subject to hydrolysis) is 1. The van der Waals surface area contributed by atoms with Crippen molar-refractivity contribution in [2.75, 3.05) is 13.1 Å². The second kappa shape index (κ2) is 10.5. The van der Waals surface area contributed by atoms with Crippen molar-refractivity contribution in [3.05, 3.63) is 12.7 Å². The highest BCUT2D eigenvalue weighted by atomic mass is 32.2. The van der Waals surface area contributed by atoms with Crippen molar-refractivity contribution in [3.8, 4) is 0 Å². The molecule has 0 bridgehead atoms. The molecule has 1 aliphatic carbocycles. The molecule has 186 valence electrons. The van der Waals surface area contributed by atoms with Crippen molar-refractivity contribution in [3.63, 3.8) is 0 Å². The zero-order valence-corrected chi connectivity index (χ0v) is 20.4. The molecule has 0 spiro atoms. The number of likely N-dealkylation sites (tertiary alicyclic amines) is 1. The summed E-state index contributed by atoms with van der Waals surface area (Å²) in [5.74, 6) is -2.43. The van der Waals surface area contributed by atoms with E-state index >= 15 is 0 Å². The van der Waals surface area contributed by atoms with Gasteiger partial charge in [0.1, 0.15) is 24.2 Å². The third kappa shape index (κ3) is 7.72.